The number of Topliss-reactive ketones (excluding diaryl/α,β-unsaturated/α-hetero) is 2. The summed E-state index contributed by atoms with van der Waals surface area (Å²) in [7, 11) is 3.55. The maximum absolute atomic E-state index is 13.8. The third-order valence-electron chi connectivity index (χ3n) is 8.08. The van der Waals surface area contributed by atoms with Gasteiger partial charge in [0.25, 0.3) is 0 Å². The number of benzene rings is 2. The summed E-state index contributed by atoms with van der Waals surface area (Å²) >= 11 is 0. The molecule has 0 radical (unpaired) electrons. The van der Waals surface area contributed by atoms with Gasteiger partial charge in [-0.15, -0.1) is 0 Å². The van der Waals surface area contributed by atoms with Gasteiger partial charge < -0.3 is 25.0 Å². The van der Waals surface area contributed by atoms with Crippen molar-refractivity contribution in [2.24, 2.45) is 11.8 Å². The molecule has 2 saturated heterocycles. The molecule has 2 aromatic rings. The van der Waals surface area contributed by atoms with E-state index in [9.17, 15) is 19.2 Å². The summed E-state index contributed by atoms with van der Waals surface area (Å²) in [6.45, 7) is 5.21. The van der Waals surface area contributed by atoms with Gasteiger partial charge in [-0.3, -0.25) is 19.2 Å². The van der Waals surface area contributed by atoms with E-state index < -0.39 is 23.6 Å². The fraction of sp³-hybridized carbons (Fsp3) is 0.500. The molecule has 0 unspecified atom stereocenters. The van der Waals surface area contributed by atoms with Crippen LogP contribution in [0.3, 0.4) is 0 Å². The number of hydrogen-bond donors (Lipinski definition) is 2. The fourth-order valence-corrected chi connectivity index (χ4v) is 5.25. The fourth-order valence-electron chi connectivity index (χ4n) is 5.25. The standard InChI is InChI=1S/C32H41N3O6/c1-21(33-30(38)24-14-15-35(3)19-24)28(36)18-25(16-23-10-12-26(40-4)13-11-23)31(39)34-27(29(37)32(2)20-41-32)17-22-8-6-5-7-9-22/h5-13,21,24-25,27H,14-20H2,1-4H3,(H,33,38)(H,34,39)/t21-,24-,25+,27-,32+/m0/s1. The van der Waals surface area contributed by atoms with Crippen LogP contribution in [0.25, 0.3) is 0 Å². The summed E-state index contributed by atoms with van der Waals surface area (Å²) in [4.78, 5) is 55.3. The second-order valence-electron chi connectivity index (χ2n) is 11.5. The molecule has 2 aliphatic heterocycles. The number of likely N-dealkylation sites (tertiary alicyclic amines) is 1. The van der Waals surface area contributed by atoms with Crippen molar-refractivity contribution in [2.45, 2.75) is 57.2 Å². The first-order valence-corrected chi connectivity index (χ1v) is 14.2. The zero-order valence-corrected chi connectivity index (χ0v) is 24.4. The highest BCUT2D eigenvalue weighted by atomic mass is 16.6. The van der Waals surface area contributed by atoms with E-state index in [1.807, 2.05) is 49.5 Å². The Morgan fingerprint density at radius 2 is 1.68 bits per heavy atom. The number of carbonyl (C=O) groups is 4. The van der Waals surface area contributed by atoms with E-state index in [-0.39, 0.29) is 42.1 Å². The molecule has 2 aromatic carbocycles. The lowest BCUT2D eigenvalue weighted by Gasteiger charge is -2.24. The van der Waals surface area contributed by atoms with Crippen LogP contribution in [0, 0.1) is 11.8 Å². The molecule has 0 bridgehead atoms. The van der Waals surface area contributed by atoms with E-state index in [0.29, 0.717) is 25.3 Å². The van der Waals surface area contributed by atoms with Gasteiger partial charge in [0.1, 0.15) is 11.4 Å². The van der Waals surface area contributed by atoms with Crippen molar-refractivity contribution in [3.63, 3.8) is 0 Å². The normalized spacial score (nSPS) is 22.3. The zero-order chi connectivity index (χ0) is 29.6. The van der Waals surface area contributed by atoms with Crippen molar-refractivity contribution < 1.29 is 28.7 Å². The van der Waals surface area contributed by atoms with Crippen LogP contribution in [0.5, 0.6) is 5.75 Å². The number of ketones is 2. The number of nitrogens with zero attached hydrogens (tertiary/aromatic N) is 1. The van der Waals surface area contributed by atoms with Crippen molar-refractivity contribution in [3.05, 3.63) is 65.7 Å². The van der Waals surface area contributed by atoms with Crippen LogP contribution in [0.1, 0.15) is 37.8 Å². The predicted octanol–water partition coefficient (Wildman–Crippen LogP) is 2.36. The summed E-state index contributed by atoms with van der Waals surface area (Å²) in [6, 6.07) is 15.3. The summed E-state index contributed by atoms with van der Waals surface area (Å²) in [5.74, 6) is -1.16. The van der Waals surface area contributed by atoms with Crippen molar-refractivity contribution in [2.75, 3.05) is 33.9 Å². The molecule has 0 saturated carbocycles. The maximum Gasteiger partial charge on any atom is 0.225 e. The van der Waals surface area contributed by atoms with Crippen LogP contribution in [0.4, 0.5) is 0 Å². The van der Waals surface area contributed by atoms with Gasteiger partial charge in [-0.25, -0.2) is 0 Å². The van der Waals surface area contributed by atoms with Crippen LogP contribution in [-0.2, 0) is 36.8 Å². The molecule has 9 heteroatoms. The van der Waals surface area contributed by atoms with Crippen molar-refractivity contribution in [1.29, 1.82) is 0 Å². The van der Waals surface area contributed by atoms with Crippen LogP contribution >= 0.6 is 0 Å². The quantitative estimate of drug-likeness (QED) is 0.339. The van der Waals surface area contributed by atoms with Gasteiger partial charge in [0.15, 0.2) is 11.6 Å². The number of amides is 2. The van der Waals surface area contributed by atoms with Gasteiger partial charge >= 0.3 is 0 Å². The monoisotopic (exact) mass is 563 g/mol. The third kappa shape index (κ3) is 8.24. The maximum atomic E-state index is 13.8. The molecule has 2 aliphatic rings. The lowest BCUT2D eigenvalue weighted by atomic mass is 9.89. The van der Waals surface area contributed by atoms with E-state index in [0.717, 1.165) is 24.1 Å². The van der Waals surface area contributed by atoms with E-state index in [2.05, 4.69) is 15.5 Å². The molecular formula is C32H41N3O6. The molecule has 0 aliphatic carbocycles. The highest BCUT2D eigenvalue weighted by Crippen LogP contribution is 2.29. The van der Waals surface area contributed by atoms with Crippen molar-refractivity contribution in [3.8, 4) is 5.75 Å². The van der Waals surface area contributed by atoms with Crippen LogP contribution in [0.2, 0.25) is 0 Å². The molecule has 2 amide bonds. The molecular weight excluding hydrogens is 522 g/mol. The second kappa shape index (κ2) is 13.4. The second-order valence-corrected chi connectivity index (χ2v) is 11.5. The summed E-state index contributed by atoms with van der Waals surface area (Å²) in [6.07, 6.45) is 1.28. The highest BCUT2D eigenvalue weighted by Gasteiger charge is 2.50. The molecule has 2 N–H and O–H groups in total. The minimum absolute atomic E-state index is 0.0795. The lowest BCUT2D eigenvalue weighted by Crippen LogP contribution is -2.50. The van der Waals surface area contributed by atoms with E-state index in [4.69, 9.17) is 9.47 Å². The SMILES string of the molecule is COc1ccc(C[C@H](CC(=O)[C@H](C)NC(=O)[C@H]2CCN(C)C2)C(=O)N[C@@H](Cc2ccccc2)C(=O)[C@@]2(C)CO2)cc1. The Kier molecular flexibility index (Phi) is 9.94. The lowest BCUT2D eigenvalue weighted by molar-refractivity contribution is -0.134. The number of nitrogens with one attached hydrogen (secondary N) is 2. The van der Waals surface area contributed by atoms with E-state index in [1.165, 1.54) is 0 Å². The number of hydrogen-bond acceptors (Lipinski definition) is 7. The zero-order valence-electron chi connectivity index (χ0n) is 24.4. The molecule has 4 rings (SSSR count). The molecule has 2 fully saturated rings. The molecule has 220 valence electrons. The Balaban J connectivity index is 1.49. The summed E-state index contributed by atoms with van der Waals surface area (Å²) < 4.78 is 10.7. The number of carbonyl (C=O) groups excluding carboxylic acids is 4. The Hall–Kier alpha value is -3.56. The van der Waals surface area contributed by atoms with Gasteiger partial charge in [0, 0.05) is 18.9 Å². The molecule has 0 aromatic heterocycles. The number of epoxide rings is 1. The molecule has 9 nitrogen and oxygen atoms in total. The number of methoxy groups -OCH3 is 1. The van der Waals surface area contributed by atoms with Crippen LogP contribution in [-0.4, -0.2) is 79.8 Å². The largest absolute Gasteiger partial charge is 0.497 e. The smallest absolute Gasteiger partial charge is 0.225 e. The van der Waals surface area contributed by atoms with Crippen molar-refractivity contribution in [1.82, 2.24) is 15.5 Å². The Morgan fingerprint density at radius 3 is 2.27 bits per heavy atom. The van der Waals surface area contributed by atoms with Gasteiger partial charge in [-0.05, 0) is 70.0 Å². The summed E-state index contributed by atoms with van der Waals surface area (Å²) in [5, 5.41) is 5.80. The Bertz CT molecular complexity index is 1230. The van der Waals surface area contributed by atoms with Gasteiger partial charge in [0.2, 0.25) is 11.8 Å². The average molecular weight is 564 g/mol. The predicted molar refractivity (Wildman–Crippen MR) is 154 cm³/mol. The van der Waals surface area contributed by atoms with E-state index >= 15 is 0 Å². The molecule has 2 heterocycles. The van der Waals surface area contributed by atoms with Gasteiger partial charge in [0.05, 0.1) is 31.7 Å². The highest BCUT2D eigenvalue weighted by molar-refractivity contribution is 5.98. The minimum Gasteiger partial charge on any atom is -0.497 e. The Morgan fingerprint density at radius 1 is 1.02 bits per heavy atom. The van der Waals surface area contributed by atoms with E-state index in [1.54, 1.807) is 33.1 Å². The topological polar surface area (TPSA) is 117 Å². The number of ether oxygens (including phenoxy) is 2. The summed E-state index contributed by atoms with van der Waals surface area (Å²) in [5.41, 5.74) is 0.848. The molecule has 0 spiro atoms. The molecule has 5 atom stereocenters. The number of rotatable bonds is 14. The van der Waals surface area contributed by atoms with Gasteiger partial charge in [-0.1, -0.05) is 42.5 Å². The first-order valence-electron chi connectivity index (χ1n) is 14.2. The first-order chi connectivity index (χ1) is 19.6. The van der Waals surface area contributed by atoms with Crippen LogP contribution < -0.4 is 15.4 Å². The Labute approximate surface area is 242 Å². The van der Waals surface area contributed by atoms with Gasteiger partial charge in [-0.2, -0.15) is 0 Å². The van der Waals surface area contributed by atoms with Crippen LogP contribution in [0.15, 0.2) is 54.6 Å². The minimum atomic E-state index is -0.916. The molecule has 41 heavy (non-hydrogen) atoms. The third-order valence-corrected chi connectivity index (χ3v) is 8.08. The average Bonchev–Trinajstić information content (AvgIpc) is 3.57. The van der Waals surface area contributed by atoms with Crippen molar-refractivity contribution >= 4 is 23.4 Å². The first kappa shape index (κ1) is 30.4.